The number of anilines is 1. The lowest BCUT2D eigenvalue weighted by molar-refractivity contribution is -0.129. The van der Waals surface area contributed by atoms with E-state index < -0.39 is 11.7 Å². The minimum atomic E-state index is -1.37. The van der Waals surface area contributed by atoms with E-state index in [1.807, 2.05) is 0 Å². The molecule has 0 saturated heterocycles. The summed E-state index contributed by atoms with van der Waals surface area (Å²) in [6.07, 6.45) is 2.73. The van der Waals surface area contributed by atoms with Crippen LogP contribution < -0.4 is 5.32 Å². The van der Waals surface area contributed by atoms with Gasteiger partial charge in [0.25, 0.3) is 0 Å². The highest BCUT2D eigenvalue weighted by molar-refractivity contribution is 6.41. The molecule has 1 heterocycles. The normalized spacial score (nSPS) is 10.2. The third kappa shape index (κ3) is 3.68. The van der Waals surface area contributed by atoms with Crippen molar-refractivity contribution in [1.29, 1.82) is 5.41 Å². The fourth-order valence-corrected chi connectivity index (χ4v) is 2.07. The second kappa shape index (κ2) is 6.51. The van der Waals surface area contributed by atoms with Crippen molar-refractivity contribution in [1.82, 2.24) is 9.97 Å². The maximum absolute atomic E-state index is 10.9. The largest absolute Gasteiger partial charge is 0.476 e. The van der Waals surface area contributed by atoms with Gasteiger partial charge in [-0.05, 0) is 17.7 Å². The molecule has 2 rings (SSSR count). The molecule has 6 nitrogen and oxygen atoms in total. The molecule has 0 aliphatic heterocycles. The molecule has 1 aromatic heterocycles. The zero-order chi connectivity index (χ0) is 15.4. The SMILES string of the molecule is N=C(C(=O)O)c1nccnc1NCc1ccc(Cl)cc1Cl. The highest BCUT2D eigenvalue weighted by Gasteiger charge is 2.17. The predicted octanol–water partition coefficient (Wildman–Crippen LogP) is 2.85. The topological polar surface area (TPSA) is 99.0 Å². The van der Waals surface area contributed by atoms with E-state index in [0.717, 1.165) is 5.56 Å². The predicted molar refractivity (Wildman–Crippen MR) is 80.3 cm³/mol. The summed E-state index contributed by atoms with van der Waals surface area (Å²) in [6.45, 7) is 0.300. The second-order valence-corrected chi connectivity index (χ2v) is 4.87. The molecule has 0 fully saturated rings. The number of nitrogens with zero attached hydrogens (tertiary/aromatic N) is 2. The van der Waals surface area contributed by atoms with Gasteiger partial charge in [-0.3, -0.25) is 5.41 Å². The van der Waals surface area contributed by atoms with Crippen LogP contribution in [-0.4, -0.2) is 26.8 Å². The van der Waals surface area contributed by atoms with E-state index in [0.29, 0.717) is 16.6 Å². The molecule has 0 radical (unpaired) electrons. The first-order chi connectivity index (χ1) is 9.99. The Morgan fingerprint density at radius 1 is 1.29 bits per heavy atom. The number of carboxylic acid groups (broad SMARTS) is 1. The molecule has 0 amide bonds. The van der Waals surface area contributed by atoms with Crippen molar-refractivity contribution in [2.45, 2.75) is 6.54 Å². The fourth-order valence-electron chi connectivity index (χ4n) is 1.60. The van der Waals surface area contributed by atoms with Crippen LogP contribution in [-0.2, 0) is 11.3 Å². The fraction of sp³-hybridized carbons (Fsp3) is 0.0769. The molecule has 2 aromatic rings. The van der Waals surface area contributed by atoms with Crippen LogP contribution in [0.5, 0.6) is 0 Å². The van der Waals surface area contributed by atoms with Gasteiger partial charge in [0.15, 0.2) is 11.5 Å². The van der Waals surface area contributed by atoms with E-state index in [1.54, 1.807) is 18.2 Å². The Morgan fingerprint density at radius 3 is 2.67 bits per heavy atom. The number of aliphatic carboxylic acids is 1. The Hall–Kier alpha value is -2.18. The van der Waals surface area contributed by atoms with Crippen LogP contribution >= 0.6 is 23.2 Å². The van der Waals surface area contributed by atoms with Gasteiger partial charge in [-0.15, -0.1) is 0 Å². The van der Waals surface area contributed by atoms with E-state index in [9.17, 15) is 4.79 Å². The number of nitrogens with one attached hydrogen (secondary N) is 2. The van der Waals surface area contributed by atoms with E-state index >= 15 is 0 Å². The quantitative estimate of drug-likeness (QED) is 0.734. The van der Waals surface area contributed by atoms with Crippen LogP contribution in [0.1, 0.15) is 11.3 Å². The summed E-state index contributed by atoms with van der Waals surface area (Å²) in [6, 6.07) is 5.05. The highest BCUT2D eigenvalue weighted by Crippen LogP contribution is 2.22. The molecule has 108 valence electrons. The summed E-state index contributed by atoms with van der Waals surface area (Å²) in [5.41, 5.74) is 0.0995. The van der Waals surface area contributed by atoms with Crippen LogP contribution in [0.25, 0.3) is 0 Å². The Morgan fingerprint density at radius 2 is 2.00 bits per heavy atom. The monoisotopic (exact) mass is 324 g/mol. The van der Waals surface area contributed by atoms with Gasteiger partial charge in [0.2, 0.25) is 0 Å². The molecule has 0 bridgehead atoms. The van der Waals surface area contributed by atoms with Gasteiger partial charge in [0.05, 0.1) is 0 Å². The molecule has 3 N–H and O–H groups in total. The number of benzene rings is 1. The number of carboxylic acids is 1. The van der Waals surface area contributed by atoms with Crippen LogP contribution in [0.3, 0.4) is 0 Å². The molecule has 21 heavy (non-hydrogen) atoms. The smallest absolute Gasteiger partial charge is 0.356 e. The number of halogens is 2. The minimum absolute atomic E-state index is 0.0323. The van der Waals surface area contributed by atoms with Crippen molar-refractivity contribution in [3.63, 3.8) is 0 Å². The summed E-state index contributed by atoms with van der Waals surface area (Å²) in [4.78, 5) is 18.7. The summed E-state index contributed by atoms with van der Waals surface area (Å²) in [7, 11) is 0. The first kappa shape index (κ1) is 15.2. The maximum Gasteiger partial charge on any atom is 0.356 e. The third-order valence-electron chi connectivity index (χ3n) is 2.61. The van der Waals surface area contributed by atoms with Crippen molar-refractivity contribution in [2.24, 2.45) is 0 Å². The maximum atomic E-state index is 10.9. The number of hydrogen-bond donors (Lipinski definition) is 3. The molecule has 0 aliphatic rings. The first-order valence-electron chi connectivity index (χ1n) is 5.80. The lowest BCUT2D eigenvalue weighted by Gasteiger charge is -2.10. The second-order valence-electron chi connectivity index (χ2n) is 4.02. The Balaban J connectivity index is 2.20. The third-order valence-corrected chi connectivity index (χ3v) is 3.20. The first-order valence-corrected chi connectivity index (χ1v) is 6.55. The van der Waals surface area contributed by atoms with Crippen LogP contribution in [0, 0.1) is 5.41 Å². The van der Waals surface area contributed by atoms with Crippen molar-refractivity contribution >= 4 is 40.7 Å². The molecule has 8 heteroatoms. The molecule has 0 unspecified atom stereocenters. The Bertz CT molecular complexity index is 706. The van der Waals surface area contributed by atoms with Crippen molar-refractivity contribution in [2.75, 3.05) is 5.32 Å². The van der Waals surface area contributed by atoms with E-state index in [4.69, 9.17) is 33.7 Å². The number of carbonyl (C=O) groups is 1. The highest BCUT2D eigenvalue weighted by atomic mass is 35.5. The van der Waals surface area contributed by atoms with E-state index in [-0.39, 0.29) is 11.5 Å². The van der Waals surface area contributed by atoms with Crippen LogP contribution in [0.2, 0.25) is 10.0 Å². The van der Waals surface area contributed by atoms with Gasteiger partial charge in [-0.1, -0.05) is 29.3 Å². The van der Waals surface area contributed by atoms with Gasteiger partial charge in [-0.25, -0.2) is 14.8 Å². The summed E-state index contributed by atoms with van der Waals surface area (Å²) in [5.74, 6) is -1.17. The molecular weight excluding hydrogens is 315 g/mol. The Kier molecular flexibility index (Phi) is 4.72. The summed E-state index contributed by atoms with van der Waals surface area (Å²) in [5, 5.41) is 20.3. The zero-order valence-electron chi connectivity index (χ0n) is 10.6. The lowest BCUT2D eigenvalue weighted by atomic mass is 10.2. The standard InChI is InChI=1S/C13H10Cl2N4O2/c14-8-2-1-7(9(15)5-8)6-19-12-11(10(16)13(20)21)17-3-4-18-12/h1-5,16H,6H2,(H,18,19)(H,20,21). The molecular formula is C13H10Cl2N4O2. The molecule has 0 saturated carbocycles. The number of rotatable bonds is 5. The van der Waals surface area contributed by atoms with Crippen LogP contribution in [0.15, 0.2) is 30.6 Å². The molecule has 1 aromatic carbocycles. The zero-order valence-corrected chi connectivity index (χ0v) is 12.1. The molecule has 0 spiro atoms. The average Bonchev–Trinajstić information content (AvgIpc) is 2.46. The van der Waals surface area contributed by atoms with Gasteiger partial charge >= 0.3 is 5.97 Å². The van der Waals surface area contributed by atoms with Gasteiger partial charge < -0.3 is 10.4 Å². The minimum Gasteiger partial charge on any atom is -0.476 e. The Labute approximate surface area is 130 Å². The van der Waals surface area contributed by atoms with Gasteiger partial charge in [0, 0.05) is 29.0 Å². The summed E-state index contributed by atoms with van der Waals surface area (Å²) >= 11 is 11.9. The number of hydrogen-bond acceptors (Lipinski definition) is 5. The number of aromatic nitrogens is 2. The molecule has 0 atom stereocenters. The summed E-state index contributed by atoms with van der Waals surface area (Å²) < 4.78 is 0. The van der Waals surface area contributed by atoms with Crippen molar-refractivity contribution in [3.05, 3.63) is 51.9 Å². The van der Waals surface area contributed by atoms with E-state index in [2.05, 4.69) is 15.3 Å². The molecule has 0 aliphatic carbocycles. The van der Waals surface area contributed by atoms with Crippen LogP contribution in [0.4, 0.5) is 5.82 Å². The lowest BCUT2D eigenvalue weighted by Crippen LogP contribution is -2.18. The average molecular weight is 325 g/mol. The van der Waals surface area contributed by atoms with E-state index in [1.165, 1.54) is 12.4 Å². The van der Waals surface area contributed by atoms with Crippen molar-refractivity contribution in [3.8, 4) is 0 Å². The van der Waals surface area contributed by atoms with Gasteiger partial charge in [0.1, 0.15) is 5.69 Å². The van der Waals surface area contributed by atoms with Gasteiger partial charge in [-0.2, -0.15) is 0 Å². The van der Waals surface area contributed by atoms with Crippen molar-refractivity contribution < 1.29 is 9.90 Å².